The summed E-state index contributed by atoms with van der Waals surface area (Å²) < 4.78 is 26.3. The molecule has 13 heteroatoms. The van der Waals surface area contributed by atoms with Crippen LogP contribution < -0.4 is 0 Å². The largest absolute Gasteiger partial charge is 0.481 e. The van der Waals surface area contributed by atoms with Gasteiger partial charge in [0.15, 0.2) is 28.9 Å². The summed E-state index contributed by atoms with van der Waals surface area (Å²) in [6.45, 7) is 3.99. The van der Waals surface area contributed by atoms with Gasteiger partial charge in [-0.15, -0.1) is 0 Å². The molecule has 0 aromatic heterocycles. The molecule has 174 valence electrons. The lowest BCUT2D eigenvalue weighted by molar-refractivity contribution is -0.237. The second kappa shape index (κ2) is 12.2. The number of hydrogen-bond acceptors (Lipinski definition) is 12. The third kappa shape index (κ3) is 9.34. The smallest absolute Gasteiger partial charge is 0.306 e. The van der Waals surface area contributed by atoms with Gasteiger partial charge in [-0.3, -0.25) is 28.8 Å². The fourth-order valence-corrected chi connectivity index (χ4v) is 3.57. The molecule has 0 radical (unpaired) electrons. The Morgan fingerprint density at radius 1 is 0.806 bits per heavy atom. The molecule has 1 rings (SSSR count). The third-order valence-electron chi connectivity index (χ3n) is 3.73. The summed E-state index contributed by atoms with van der Waals surface area (Å²) >= 11 is 0.641. The molecular formula is C18H24O12S. The standard InChI is InChI=1S/C18H24O12S/c1-8(19)27-15-12(7-26-14(25)6-5-13(23)24)30-18(31-11(4)22)17(29-10(3)21)16(15)28-9(2)20/h12,15-18H,5-7H2,1-4H3,(H,23,24)/t12-,15+,16+,17-,18+/m1/s1. The number of carbonyl (C=O) groups is 6. The molecule has 5 atom stereocenters. The van der Waals surface area contributed by atoms with Crippen molar-refractivity contribution in [2.45, 2.75) is 70.4 Å². The molecule has 0 aromatic carbocycles. The number of esters is 4. The Morgan fingerprint density at radius 2 is 1.32 bits per heavy atom. The molecule has 0 bridgehead atoms. The third-order valence-corrected chi connectivity index (χ3v) is 4.67. The molecule has 0 saturated carbocycles. The van der Waals surface area contributed by atoms with Gasteiger partial charge in [-0.1, -0.05) is 11.8 Å². The van der Waals surface area contributed by atoms with Crippen molar-refractivity contribution >= 4 is 46.7 Å². The highest BCUT2D eigenvalue weighted by atomic mass is 32.2. The number of carbonyl (C=O) groups excluding carboxylic acids is 5. The van der Waals surface area contributed by atoms with Crippen molar-refractivity contribution in [3.05, 3.63) is 0 Å². The van der Waals surface area contributed by atoms with E-state index in [2.05, 4.69) is 0 Å². The van der Waals surface area contributed by atoms with Crippen LogP contribution in [0.3, 0.4) is 0 Å². The number of aliphatic carboxylic acids is 1. The Hall–Kier alpha value is -2.67. The summed E-state index contributed by atoms with van der Waals surface area (Å²) in [5.74, 6) is -4.38. The minimum absolute atomic E-state index is 0.407. The second-order valence-electron chi connectivity index (χ2n) is 6.45. The van der Waals surface area contributed by atoms with E-state index in [0.717, 1.165) is 20.8 Å². The van der Waals surface area contributed by atoms with Crippen LogP contribution in [0.5, 0.6) is 0 Å². The van der Waals surface area contributed by atoms with Crippen LogP contribution in [0.4, 0.5) is 0 Å². The van der Waals surface area contributed by atoms with Crippen LogP contribution in [0, 0.1) is 0 Å². The van der Waals surface area contributed by atoms with E-state index in [1.54, 1.807) is 0 Å². The van der Waals surface area contributed by atoms with Gasteiger partial charge in [0, 0.05) is 27.7 Å². The minimum atomic E-state index is -1.36. The van der Waals surface area contributed by atoms with Gasteiger partial charge in [0.2, 0.25) is 0 Å². The first-order chi connectivity index (χ1) is 14.4. The van der Waals surface area contributed by atoms with Gasteiger partial charge in [0.25, 0.3) is 0 Å². The lowest BCUT2D eigenvalue weighted by Crippen LogP contribution is -2.61. The van der Waals surface area contributed by atoms with Crippen LogP contribution >= 0.6 is 11.8 Å². The number of rotatable bonds is 9. The quantitative estimate of drug-likeness (QED) is 0.363. The Bertz CT molecular complexity index is 720. The van der Waals surface area contributed by atoms with E-state index < -0.39 is 84.3 Å². The molecule has 31 heavy (non-hydrogen) atoms. The van der Waals surface area contributed by atoms with Crippen molar-refractivity contribution in [3.63, 3.8) is 0 Å². The van der Waals surface area contributed by atoms with Crippen molar-refractivity contribution in [2.75, 3.05) is 6.61 Å². The highest BCUT2D eigenvalue weighted by Gasteiger charge is 2.52. The summed E-state index contributed by atoms with van der Waals surface area (Å²) in [7, 11) is 0. The Balaban J connectivity index is 3.19. The average molecular weight is 464 g/mol. The van der Waals surface area contributed by atoms with Gasteiger partial charge in [0.1, 0.15) is 12.7 Å². The van der Waals surface area contributed by atoms with Crippen molar-refractivity contribution in [2.24, 2.45) is 0 Å². The van der Waals surface area contributed by atoms with Crippen molar-refractivity contribution < 1.29 is 57.6 Å². The fourth-order valence-electron chi connectivity index (χ4n) is 2.70. The van der Waals surface area contributed by atoms with Gasteiger partial charge >= 0.3 is 29.8 Å². The number of hydrogen-bond donors (Lipinski definition) is 1. The first-order valence-corrected chi connectivity index (χ1v) is 10.0. The normalized spacial score (nSPS) is 25.1. The van der Waals surface area contributed by atoms with Crippen LogP contribution in [0.15, 0.2) is 0 Å². The summed E-state index contributed by atoms with van der Waals surface area (Å²) in [4.78, 5) is 68.9. The SMILES string of the molecule is CC(=O)O[C@H]1[C@@H](OC(C)=O)[C@@H](COC(=O)CCC(=O)O)O[C@@H](SC(C)=O)[C@@H]1OC(C)=O. The zero-order valence-corrected chi connectivity index (χ0v) is 18.2. The van der Waals surface area contributed by atoms with Crippen molar-refractivity contribution in [1.82, 2.24) is 0 Å². The van der Waals surface area contributed by atoms with Crippen LogP contribution in [0.2, 0.25) is 0 Å². The maximum absolute atomic E-state index is 11.8. The Morgan fingerprint density at radius 3 is 1.81 bits per heavy atom. The van der Waals surface area contributed by atoms with E-state index in [0.29, 0.717) is 11.8 Å². The fraction of sp³-hybridized carbons (Fsp3) is 0.667. The number of thioether (sulfide) groups is 1. The van der Waals surface area contributed by atoms with Gasteiger partial charge in [-0.2, -0.15) is 0 Å². The van der Waals surface area contributed by atoms with E-state index >= 15 is 0 Å². The summed E-state index contributed by atoms with van der Waals surface area (Å²) in [5.41, 5.74) is -1.17. The van der Waals surface area contributed by atoms with Gasteiger partial charge in [-0.25, -0.2) is 0 Å². The number of ether oxygens (including phenoxy) is 5. The van der Waals surface area contributed by atoms with Crippen LogP contribution in [0.25, 0.3) is 0 Å². The van der Waals surface area contributed by atoms with Gasteiger partial charge < -0.3 is 28.8 Å². The number of carboxylic acids is 1. The zero-order chi connectivity index (χ0) is 23.7. The molecule has 1 aliphatic heterocycles. The highest BCUT2D eigenvalue weighted by molar-refractivity contribution is 8.14. The summed E-state index contributed by atoms with van der Waals surface area (Å²) in [6, 6.07) is 0. The molecule has 0 aromatic rings. The van der Waals surface area contributed by atoms with E-state index in [4.69, 9.17) is 28.8 Å². The molecule has 1 N–H and O–H groups in total. The monoisotopic (exact) mass is 464 g/mol. The van der Waals surface area contributed by atoms with E-state index in [9.17, 15) is 28.8 Å². The van der Waals surface area contributed by atoms with Gasteiger partial charge in [0.05, 0.1) is 12.8 Å². The van der Waals surface area contributed by atoms with Crippen molar-refractivity contribution in [1.29, 1.82) is 0 Å². The lowest BCUT2D eigenvalue weighted by Gasteiger charge is -2.43. The molecule has 1 heterocycles. The Kier molecular flexibility index (Phi) is 10.4. The molecule has 0 unspecified atom stereocenters. The Labute approximate surface area is 181 Å². The molecule has 1 fully saturated rings. The summed E-state index contributed by atoms with van der Waals surface area (Å²) in [6.07, 6.45) is -6.08. The predicted molar refractivity (Wildman–Crippen MR) is 101 cm³/mol. The molecule has 0 aliphatic carbocycles. The molecule has 12 nitrogen and oxygen atoms in total. The van der Waals surface area contributed by atoms with Gasteiger partial charge in [-0.05, 0) is 0 Å². The maximum atomic E-state index is 11.8. The first kappa shape index (κ1) is 26.4. The average Bonchev–Trinajstić information content (AvgIpc) is 2.61. The zero-order valence-electron chi connectivity index (χ0n) is 17.4. The van der Waals surface area contributed by atoms with E-state index in [1.165, 1.54) is 6.92 Å². The maximum Gasteiger partial charge on any atom is 0.306 e. The highest BCUT2D eigenvalue weighted by Crippen LogP contribution is 2.34. The number of carboxylic acid groups (broad SMARTS) is 1. The van der Waals surface area contributed by atoms with Crippen molar-refractivity contribution in [3.8, 4) is 0 Å². The molecular weight excluding hydrogens is 440 g/mol. The lowest BCUT2D eigenvalue weighted by atomic mass is 9.99. The molecule has 0 spiro atoms. The van der Waals surface area contributed by atoms with E-state index in [1.807, 2.05) is 0 Å². The van der Waals surface area contributed by atoms with Crippen LogP contribution in [0.1, 0.15) is 40.5 Å². The minimum Gasteiger partial charge on any atom is -0.481 e. The summed E-state index contributed by atoms with van der Waals surface area (Å²) in [5, 5.41) is 8.23. The second-order valence-corrected chi connectivity index (χ2v) is 7.73. The van der Waals surface area contributed by atoms with E-state index in [-0.39, 0.29) is 0 Å². The molecule has 0 amide bonds. The predicted octanol–water partition coefficient (Wildman–Crippen LogP) is 0.194. The first-order valence-electron chi connectivity index (χ1n) is 9.12. The molecule has 1 aliphatic rings. The molecule has 1 saturated heterocycles. The topological polar surface area (TPSA) is 169 Å². The van der Waals surface area contributed by atoms with Crippen LogP contribution in [-0.4, -0.2) is 76.5 Å². The van der Waals surface area contributed by atoms with Crippen LogP contribution in [-0.2, 0) is 52.5 Å².